The Morgan fingerprint density at radius 1 is 1.38 bits per heavy atom. The Morgan fingerprint density at radius 2 is 2.06 bits per heavy atom. The van der Waals surface area contributed by atoms with Gasteiger partial charge >= 0.3 is 6.09 Å². The van der Waals surface area contributed by atoms with E-state index in [1.54, 1.807) is 6.07 Å². The van der Waals surface area contributed by atoms with Crippen molar-refractivity contribution >= 4 is 23.6 Å². The fourth-order valence-electron chi connectivity index (χ4n) is 0.965. The summed E-state index contributed by atoms with van der Waals surface area (Å²) >= 11 is 5.68. The van der Waals surface area contributed by atoms with Gasteiger partial charge in [0.25, 0.3) is 5.91 Å². The number of rotatable bonds is 4. The van der Waals surface area contributed by atoms with E-state index in [2.05, 4.69) is 15.6 Å². The smallest absolute Gasteiger partial charge is 0.404 e. The number of hydrogen-bond acceptors (Lipinski definition) is 3. The highest BCUT2D eigenvalue weighted by atomic mass is 35.5. The topological polar surface area (TPSA) is 91.3 Å². The third-order valence-corrected chi connectivity index (χ3v) is 1.88. The number of carboxylic acid groups (broad SMARTS) is 1. The standard InChI is InChI=1S/C9H10ClN3O3/c10-6-1-2-11-7(5-6)8(14)12-3-4-13-9(15)16/h1-2,5,13H,3-4H2,(H,12,14)(H,15,16). The van der Waals surface area contributed by atoms with Crippen molar-refractivity contribution in [3.63, 3.8) is 0 Å². The number of hydrogen-bond donors (Lipinski definition) is 3. The molecule has 0 fully saturated rings. The molecule has 86 valence electrons. The van der Waals surface area contributed by atoms with E-state index in [9.17, 15) is 9.59 Å². The maximum atomic E-state index is 11.4. The van der Waals surface area contributed by atoms with Crippen LogP contribution in [-0.2, 0) is 0 Å². The first-order valence-electron chi connectivity index (χ1n) is 4.46. The lowest BCUT2D eigenvalue weighted by atomic mass is 10.3. The molecule has 6 nitrogen and oxygen atoms in total. The van der Waals surface area contributed by atoms with Gasteiger partial charge in [-0.2, -0.15) is 0 Å². The van der Waals surface area contributed by atoms with Gasteiger partial charge in [-0.25, -0.2) is 4.79 Å². The molecule has 0 atom stereocenters. The van der Waals surface area contributed by atoms with Crippen molar-refractivity contribution in [2.24, 2.45) is 0 Å². The molecule has 0 unspecified atom stereocenters. The highest BCUT2D eigenvalue weighted by Crippen LogP contribution is 2.07. The van der Waals surface area contributed by atoms with E-state index in [4.69, 9.17) is 16.7 Å². The Hall–Kier alpha value is -1.82. The average Bonchev–Trinajstić information content (AvgIpc) is 2.24. The first kappa shape index (κ1) is 12.3. The lowest BCUT2D eigenvalue weighted by Crippen LogP contribution is -2.34. The molecule has 0 aliphatic carbocycles. The van der Waals surface area contributed by atoms with Crippen molar-refractivity contribution in [1.29, 1.82) is 0 Å². The molecule has 0 radical (unpaired) electrons. The first-order valence-corrected chi connectivity index (χ1v) is 4.84. The first-order chi connectivity index (χ1) is 7.59. The van der Waals surface area contributed by atoms with Crippen LogP contribution in [0.5, 0.6) is 0 Å². The van der Waals surface area contributed by atoms with Crippen LogP contribution in [0.2, 0.25) is 5.02 Å². The van der Waals surface area contributed by atoms with Gasteiger partial charge in [-0.15, -0.1) is 0 Å². The zero-order valence-corrected chi connectivity index (χ0v) is 8.99. The minimum absolute atomic E-state index is 0.141. The predicted octanol–water partition coefficient (Wildman–Crippen LogP) is 0.732. The van der Waals surface area contributed by atoms with Crippen LogP contribution in [0, 0.1) is 0 Å². The SMILES string of the molecule is O=C(O)NCCNC(=O)c1cc(Cl)ccn1. The molecule has 0 aliphatic rings. The summed E-state index contributed by atoms with van der Waals surface area (Å²) in [6.45, 7) is 0.334. The minimum Gasteiger partial charge on any atom is -0.465 e. The largest absolute Gasteiger partial charge is 0.465 e. The van der Waals surface area contributed by atoms with Crippen molar-refractivity contribution in [1.82, 2.24) is 15.6 Å². The van der Waals surface area contributed by atoms with Crippen molar-refractivity contribution in [2.45, 2.75) is 0 Å². The van der Waals surface area contributed by atoms with Crippen molar-refractivity contribution in [2.75, 3.05) is 13.1 Å². The van der Waals surface area contributed by atoms with E-state index in [0.717, 1.165) is 0 Å². The molecule has 0 saturated heterocycles. The Labute approximate surface area is 96.6 Å². The van der Waals surface area contributed by atoms with Crippen LogP contribution in [-0.4, -0.2) is 35.2 Å². The molecular formula is C9H10ClN3O3. The summed E-state index contributed by atoms with van der Waals surface area (Å²) in [5.74, 6) is -0.394. The van der Waals surface area contributed by atoms with Crippen LogP contribution in [0.3, 0.4) is 0 Å². The van der Waals surface area contributed by atoms with Crippen molar-refractivity contribution in [3.8, 4) is 0 Å². The molecule has 0 aliphatic heterocycles. The van der Waals surface area contributed by atoms with E-state index in [1.807, 2.05) is 0 Å². The number of carbonyl (C=O) groups excluding carboxylic acids is 1. The zero-order chi connectivity index (χ0) is 12.0. The van der Waals surface area contributed by atoms with E-state index in [1.165, 1.54) is 12.3 Å². The predicted molar refractivity (Wildman–Crippen MR) is 57.6 cm³/mol. The number of nitrogens with zero attached hydrogens (tertiary/aromatic N) is 1. The van der Waals surface area contributed by atoms with Crippen LogP contribution in [0.4, 0.5) is 4.79 Å². The summed E-state index contributed by atoms with van der Waals surface area (Å²) in [7, 11) is 0. The molecule has 0 bridgehead atoms. The summed E-state index contributed by atoms with van der Waals surface area (Å²) in [5.41, 5.74) is 0.197. The number of pyridine rings is 1. The van der Waals surface area contributed by atoms with Crippen LogP contribution >= 0.6 is 11.6 Å². The third-order valence-electron chi connectivity index (χ3n) is 1.64. The quantitative estimate of drug-likeness (QED) is 0.680. The van der Waals surface area contributed by atoms with Crippen molar-refractivity contribution in [3.05, 3.63) is 29.0 Å². The fourth-order valence-corrected chi connectivity index (χ4v) is 1.12. The Balaban J connectivity index is 2.38. The minimum atomic E-state index is -1.13. The van der Waals surface area contributed by atoms with Gasteiger partial charge < -0.3 is 15.7 Å². The molecule has 1 heterocycles. The highest BCUT2D eigenvalue weighted by molar-refractivity contribution is 6.30. The highest BCUT2D eigenvalue weighted by Gasteiger charge is 2.06. The van der Waals surface area contributed by atoms with Gasteiger partial charge in [0.2, 0.25) is 0 Å². The van der Waals surface area contributed by atoms with E-state index in [0.29, 0.717) is 5.02 Å². The Morgan fingerprint density at radius 3 is 2.69 bits per heavy atom. The summed E-state index contributed by atoms with van der Waals surface area (Å²) in [6.07, 6.45) is 0.294. The molecular weight excluding hydrogens is 234 g/mol. The van der Waals surface area contributed by atoms with Gasteiger partial charge in [0.1, 0.15) is 5.69 Å². The van der Waals surface area contributed by atoms with Crippen LogP contribution < -0.4 is 10.6 Å². The summed E-state index contributed by atoms with van der Waals surface area (Å²) in [4.78, 5) is 25.4. The second kappa shape index (κ2) is 5.92. The number of nitrogens with one attached hydrogen (secondary N) is 2. The van der Waals surface area contributed by atoms with Gasteiger partial charge in [-0.3, -0.25) is 9.78 Å². The number of amides is 2. The maximum absolute atomic E-state index is 11.4. The Bertz CT molecular complexity index is 397. The maximum Gasteiger partial charge on any atom is 0.404 e. The summed E-state index contributed by atoms with van der Waals surface area (Å²) in [6, 6.07) is 2.99. The third kappa shape index (κ3) is 4.14. The molecule has 0 spiro atoms. The summed E-state index contributed by atoms with van der Waals surface area (Å²) in [5, 5.41) is 13.3. The molecule has 0 aromatic carbocycles. The number of carbonyl (C=O) groups is 2. The molecule has 1 aromatic rings. The lowest BCUT2D eigenvalue weighted by molar-refractivity contribution is 0.0948. The normalized spacial score (nSPS) is 9.56. The molecule has 0 saturated carbocycles. The van der Waals surface area contributed by atoms with E-state index < -0.39 is 12.0 Å². The Kier molecular flexibility index (Phi) is 4.53. The van der Waals surface area contributed by atoms with Gasteiger partial charge in [0.05, 0.1) is 0 Å². The molecule has 1 rings (SSSR count). The van der Waals surface area contributed by atoms with Crippen LogP contribution in [0.25, 0.3) is 0 Å². The molecule has 2 amide bonds. The average molecular weight is 244 g/mol. The summed E-state index contributed by atoms with van der Waals surface area (Å²) < 4.78 is 0. The fraction of sp³-hybridized carbons (Fsp3) is 0.222. The van der Waals surface area contributed by atoms with Crippen molar-refractivity contribution < 1.29 is 14.7 Å². The van der Waals surface area contributed by atoms with Gasteiger partial charge in [-0.05, 0) is 12.1 Å². The van der Waals surface area contributed by atoms with Crippen LogP contribution in [0.1, 0.15) is 10.5 Å². The molecule has 16 heavy (non-hydrogen) atoms. The van der Waals surface area contributed by atoms with Gasteiger partial charge in [0, 0.05) is 24.3 Å². The van der Waals surface area contributed by atoms with E-state index in [-0.39, 0.29) is 18.8 Å². The van der Waals surface area contributed by atoms with Gasteiger partial charge in [0.15, 0.2) is 0 Å². The molecule has 1 aromatic heterocycles. The molecule has 7 heteroatoms. The second-order valence-corrected chi connectivity index (χ2v) is 3.28. The molecule has 3 N–H and O–H groups in total. The number of aromatic nitrogens is 1. The monoisotopic (exact) mass is 243 g/mol. The number of halogens is 1. The van der Waals surface area contributed by atoms with E-state index >= 15 is 0 Å². The van der Waals surface area contributed by atoms with Gasteiger partial charge in [-0.1, -0.05) is 11.6 Å². The lowest BCUT2D eigenvalue weighted by Gasteiger charge is -2.04. The zero-order valence-electron chi connectivity index (χ0n) is 8.24. The second-order valence-electron chi connectivity index (χ2n) is 2.85. The van der Waals surface area contributed by atoms with Crippen LogP contribution in [0.15, 0.2) is 18.3 Å².